The normalized spacial score (nSPS) is 12.4. The van der Waals surface area contributed by atoms with Gasteiger partial charge in [0.15, 0.2) is 0 Å². The summed E-state index contributed by atoms with van der Waals surface area (Å²) in [4.78, 5) is 0. The van der Waals surface area contributed by atoms with Crippen molar-refractivity contribution in [3.8, 4) is 0 Å². The molecule has 2 aromatic carbocycles. The molecule has 2 rings (SSSR count). The lowest BCUT2D eigenvalue weighted by Gasteiger charge is -2.20. The van der Waals surface area contributed by atoms with Gasteiger partial charge in [-0.15, -0.1) is 0 Å². The van der Waals surface area contributed by atoms with Crippen LogP contribution in [-0.2, 0) is 6.42 Å². The molecule has 112 valence electrons. The highest BCUT2D eigenvalue weighted by Gasteiger charge is 2.18. The lowest BCUT2D eigenvalue weighted by atomic mass is 9.91. The SMILES string of the molecule is CCNCC(Cc1c(F)cccc1Cl)c1ccccc1Br. The second-order valence-corrected chi connectivity index (χ2v) is 6.19. The van der Waals surface area contributed by atoms with E-state index in [2.05, 4.69) is 34.2 Å². The molecule has 1 unspecified atom stereocenters. The molecule has 2 aromatic rings. The van der Waals surface area contributed by atoms with Gasteiger partial charge in [-0.05, 0) is 36.7 Å². The zero-order valence-electron chi connectivity index (χ0n) is 11.9. The summed E-state index contributed by atoms with van der Waals surface area (Å²) in [5, 5.41) is 3.84. The summed E-state index contributed by atoms with van der Waals surface area (Å²) in [6.45, 7) is 3.73. The summed E-state index contributed by atoms with van der Waals surface area (Å²) in [6, 6.07) is 12.9. The Labute approximate surface area is 138 Å². The first-order valence-corrected chi connectivity index (χ1v) is 8.18. The average Bonchev–Trinajstić information content (AvgIpc) is 2.47. The first-order valence-electron chi connectivity index (χ1n) is 7.01. The van der Waals surface area contributed by atoms with Crippen molar-refractivity contribution in [1.29, 1.82) is 0 Å². The van der Waals surface area contributed by atoms with Gasteiger partial charge >= 0.3 is 0 Å². The molecular formula is C17H18BrClFN. The zero-order valence-corrected chi connectivity index (χ0v) is 14.2. The number of halogens is 3. The Kier molecular flexibility index (Phi) is 6.22. The number of hydrogen-bond acceptors (Lipinski definition) is 1. The van der Waals surface area contributed by atoms with Crippen LogP contribution in [0.25, 0.3) is 0 Å². The van der Waals surface area contributed by atoms with Crippen LogP contribution in [0, 0.1) is 5.82 Å². The summed E-state index contributed by atoms with van der Waals surface area (Å²) in [6.07, 6.45) is 0.571. The number of rotatable bonds is 6. The lowest BCUT2D eigenvalue weighted by molar-refractivity contribution is 0.561. The molecule has 1 N–H and O–H groups in total. The molecule has 0 bridgehead atoms. The molecule has 0 heterocycles. The van der Waals surface area contributed by atoms with Crippen LogP contribution in [0.3, 0.4) is 0 Å². The summed E-state index contributed by atoms with van der Waals surface area (Å²) in [5.74, 6) is -0.0778. The second kappa shape index (κ2) is 7.92. The van der Waals surface area contributed by atoms with Crippen LogP contribution >= 0.6 is 27.5 Å². The topological polar surface area (TPSA) is 12.0 Å². The van der Waals surface area contributed by atoms with Crippen molar-refractivity contribution >= 4 is 27.5 Å². The van der Waals surface area contributed by atoms with Crippen molar-refractivity contribution in [3.63, 3.8) is 0 Å². The standard InChI is InChI=1S/C17H18BrClFN/c1-2-21-11-12(13-6-3-4-7-15(13)18)10-14-16(19)8-5-9-17(14)20/h3-9,12,21H,2,10-11H2,1H3. The van der Waals surface area contributed by atoms with Gasteiger partial charge in [-0.1, -0.05) is 58.7 Å². The maximum absolute atomic E-state index is 14.0. The van der Waals surface area contributed by atoms with Crippen molar-refractivity contribution in [2.45, 2.75) is 19.3 Å². The lowest BCUT2D eigenvalue weighted by Crippen LogP contribution is -2.23. The van der Waals surface area contributed by atoms with Crippen LogP contribution in [0.1, 0.15) is 24.0 Å². The molecule has 0 aromatic heterocycles. The van der Waals surface area contributed by atoms with E-state index in [1.54, 1.807) is 12.1 Å². The molecule has 4 heteroatoms. The van der Waals surface area contributed by atoms with Gasteiger partial charge in [-0.2, -0.15) is 0 Å². The maximum atomic E-state index is 14.0. The van der Waals surface area contributed by atoms with Gasteiger partial charge < -0.3 is 5.32 Å². The van der Waals surface area contributed by atoms with Crippen LogP contribution in [0.4, 0.5) is 4.39 Å². The third-order valence-corrected chi connectivity index (χ3v) is 4.57. The molecule has 0 saturated carbocycles. The van der Waals surface area contributed by atoms with Crippen LogP contribution in [-0.4, -0.2) is 13.1 Å². The minimum absolute atomic E-state index is 0.162. The first-order chi connectivity index (χ1) is 10.1. The van der Waals surface area contributed by atoms with Crippen molar-refractivity contribution in [2.24, 2.45) is 0 Å². The predicted octanol–water partition coefficient (Wildman–Crippen LogP) is 5.18. The van der Waals surface area contributed by atoms with E-state index >= 15 is 0 Å². The smallest absolute Gasteiger partial charge is 0.127 e. The predicted molar refractivity (Wildman–Crippen MR) is 90.5 cm³/mol. The highest BCUT2D eigenvalue weighted by Crippen LogP contribution is 2.30. The van der Waals surface area contributed by atoms with Crippen molar-refractivity contribution in [1.82, 2.24) is 5.32 Å². The molecule has 21 heavy (non-hydrogen) atoms. The minimum Gasteiger partial charge on any atom is -0.316 e. The number of nitrogens with one attached hydrogen (secondary N) is 1. The average molecular weight is 371 g/mol. The molecule has 0 radical (unpaired) electrons. The van der Waals surface area contributed by atoms with E-state index < -0.39 is 0 Å². The van der Waals surface area contributed by atoms with E-state index in [1.807, 2.05) is 18.2 Å². The second-order valence-electron chi connectivity index (χ2n) is 4.93. The highest BCUT2D eigenvalue weighted by molar-refractivity contribution is 9.10. The Balaban J connectivity index is 2.31. The van der Waals surface area contributed by atoms with Gasteiger partial charge in [0, 0.05) is 27.5 Å². The summed E-state index contributed by atoms with van der Waals surface area (Å²) < 4.78 is 15.1. The van der Waals surface area contributed by atoms with E-state index in [0.29, 0.717) is 17.0 Å². The minimum atomic E-state index is -0.240. The maximum Gasteiger partial charge on any atom is 0.127 e. The van der Waals surface area contributed by atoms with E-state index in [0.717, 1.165) is 23.1 Å². The molecular weight excluding hydrogens is 353 g/mol. The third kappa shape index (κ3) is 4.29. The molecule has 0 saturated heterocycles. The Bertz CT molecular complexity index is 583. The van der Waals surface area contributed by atoms with Gasteiger partial charge in [-0.3, -0.25) is 0 Å². The molecule has 0 aliphatic heterocycles. The number of hydrogen-bond donors (Lipinski definition) is 1. The fourth-order valence-electron chi connectivity index (χ4n) is 2.39. The highest BCUT2D eigenvalue weighted by atomic mass is 79.9. The Hall–Kier alpha value is -0.900. The summed E-state index contributed by atoms with van der Waals surface area (Å²) in [7, 11) is 0. The van der Waals surface area contributed by atoms with Gasteiger partial charge in [-0.25, -0.2) is 4.39 Å². The van der Waals surface area contributed by atoms with Crippen LogP contribution < -0.4 is 5.32 Å². The largest absolute Gasteiger partial charge is 0.316 e. The fraction of sp³-hybridized carbons (Fsp3) is 0.294. The van der Waals surface area contributed by atoms with Crippen molar-refractivity contribution in [2.75, 3.05) is 13.1 Å². The Morgan fingerprint density at radius 2 is 1.95 bits per heavy atom. The van der Waals surface area contributed by atoms with E-state index in [9.17, 15) is 4.39 Å². The molecule has 0 aliphatic carbocycles. The zero-order chi connectivity index (χ0) is 15.2. The van der Waals surface area contributed by atoms with Crippen LogP contribution in [0.2, 0.25) is 5.02 Å². The van der Waals surface area contributed by atoms with Crippen molar-refractivity contribution < 1.29 is 4.39 Å². The fourth-order valence-corrected chi connectivity index (χ4v) is 3.24. The van der Waals surface area contributed by atoms with Crippen LogP contribution in [0.5, 0.6) is 0 Å². The molecule has 1 nitrogen and oxygen atoms in total. The van der Waals surface area contributed by atoms with Gasteiger partial charge in [0.25, 0.3) is 0 Å². The quantitative estimate of drug-likeness (QED) is 0.739. The van der Waals surface area contributed by atoms with E-state index in [-0.39, 0.29) is 11.7 Å². The van der Waals surface area contributed by atoms with Crippen molar-refractivity contribution in [3.05, 3.63) is 68.9 Å². The van der Waals surface area contributed by atoms with E-state index in [4.69, 9.17) is 11.6 Å². The number of likely N-dealkylation sites (N-methyl/N-ethyl adjacent to an activating group) is 1. The number of benzene rings is 2. The molecule has 0 amide bonds. The molecule has 1 atom stereocenters. The third-order valence-electron chi connectivity index (χ3n) is 3.50. The van der Waals surface area contributed by atoms with Gasteiger partial charge in [0.1, 0.15) is 5.82 Å². The van der Waals surface area contributed by atoms with Gasteiger partial charge in [0.2, 0.25) is 0 Å². The first kappa shape index (κ1) is 16.5. The summed E-state index contributed by atoms with van der Waals surface area (Å²) >= 11 is 9.75. The molecule has 0 fully saturated rings. The van der Waals surface area contributed by atoms with Crippen LogP contribution in [0.15, 0.2) is 46.9 Å². The van der Waals surface area contributed by atoms with E-state index in [1.165, 1.54) is 6.07 Å². The Morgan fingerprint density at radius 3 is 2.62 bits per heavy atom. The molecule has 0 aliphatic rings. The van der Waals surface area contributed by atoms with Gasteiger partial charge in [0.05, 0.1) is 0 Å². The molecule has 0 spiro atoms. The summed E-state index contributed by atoms with van der Waals surface area (Å²) in [5.41, 5.74) is 1.75. The monoisotopic (exact) mass is 369 g/mol. The Morgan fingerprint density at radius 1 is 1.19 bits per heavy atom.